The SMILES string of the molecule is CCOP(=O)(CC(C(=O)c1ccccc1)C(CC(=O)c1ccccc1)c1ccccc1)OCC. The predicted molar refractivity (Wildman–Crippen MR) is 135 cm³/mol. The molecule has 0 aliphatic heterocycles. The average Bonchev–Trinajstić information content (AvgIpc) is 2.87. The van der Waals surface area contributed by atoms with Crippen molar-refractivity contribution in [1.29, 1.82) is 0 Å². The summed E-state index contributed by atoms with van der Waals surface area (Å²) in [5, 5.41) is 0. The summed E-state index contributed by atoms with van der Waals surface area (Å²) in [6.45, 7) is 3.88. The molecule has 34 heavy (non-hydrogen) atoms. The van der Waals surface area contributed by atoms with Crippen LogP contribution in [-0.2, 0) is 13.6 Å². The van der Waals surface area contributed by atoms with Crippen LogP contribution in [-0.4, -0.2) is 30.9 Å². The minimum Gasteiger partial charge on any atom is -0.309 e. The Morgan fingerprint density at radius 2 is 1.21 bits per heavy atom. The Labute approximate surface area is 201 Å². The number of Topliss-reactive ketones (excluding diaryl/α,β-unsaturated/α-hetero) is 2. The van der Waals surface area contributed by atoms with Crippen LogP contribution >= 0.6 is 7.60 Å². The van der Waals surface area contributed by atoms with Crippen molar-refractivity contribution in [2.75, 3.05) is 19.4 Å². The van der Waals surface area contributed by atoms with Crippen LogP contribution in [0.5, 0.6) is 0 Å². The summed E-state index contributed by atoms with van der Waals surface area (Å²) in [6.07, 6.45) is -0.0143. The number of hydrogen-bond acceptors (Lipinski definition) is 5. The summed E-state index contributed by atoms with van der Waals surface area (Å²) >= 11 is 0. The summed E-state index contributed by atoms with van der Waals surface area (Å²) in [5.74, 6) is -1.55. The Bertz CT molecular complexity index is 1090. The number of carbonyl (C=O) groups excluding carboxylic acids is 2. The van der Waals surface area contributed by atoms with E-state index >= 15 is 0 Å². The fourth-order valence-electron chi connectivity index (χ4n) is 4.12. The third-order valence-corrected chi connectivity index (χ3v) is 7.83. The van der Waals surface area contributed by atoms with E-state index in [1.54, 1.807) is 50.2 Å². The molecule has 0 aliphatic rings. The molecule has 0 fully saturated rings. The van der Waals surface area contributed by atoms with Crippen molar-refractivity contribution in [3.05, 3.63) is 108 Å². The molecule has 0 spiro atoms. The molecule has 0 radical (unpaired) electrons. The molecule has 0 saturated carbocycles. The molecule has 178 valence electrons. The Hall–Kier alpha value is -2.85. The van der Waals surface area contributed by atoms with Gasteiger partial charge in [0.1, 0.15) is 0 Å². The van der Waals surface area contributed by atoms with Crippen LogP contribution in [0.25, 0.3) is 0 Å². The molecule has 0 heterocycles. The van der Waals surface area contributed by atoms with E-state index in [0.29, 0.717) is 11.1 Å². The molecule has 0 aromatic heterocycles. The Balaban J connectivity index is 2.07. The maximum atomic E-state index is 13.8. The number of hydrogen-bond donors (Lipinski definition) is 0. The second-order valence-corrected chi connectivity index (χ2v) is 10.1. The first-order valence-electron chi connectivity index (χ1n) is 11.6. The fourth-order valence-corrected chi connectivity index (χ4v) is 6.09. The standard InChI is InChI=1S/C28H31O5P/c1-3-32-34(31,33-4-2)21-26(28(30)24-18-12-7-13-19-24)25(22-14-8-5-9-15-22)20-27(29)23-16-10-6-11-17-23/h5-19,25-26H,3-4,20-21H2,1-2H3. The van der Waals surface area contributed by atoms with E-state index in [1.807, 2.05) is 54.6 Å². The van der Waals surface area contributed by atoms with Gasteiger partial charge < -0.3 is 9.05 Å². The van der Waals surface area contributed by atoms with Crippen LogP contribution in [0.4, 0.5) is 0 Å². The van der Waals surface area contributed by atoms with Gasteiger partial charge in [-0.2, -0.15) is 0 Å². The van der Waals surface area contributed by atoms with Crippen LogP contribution < -0.4 is 0 Å². The molecule has 0 aliphatic carbocycles. The van der Waals surface area contributed by atoms with Crippen molar-refractivity contribution < 1.29 is 23.2 Å². The number of carbonyl (C=O) groups is 2. The lowest BCUT2D eigenvalue weighted by molar-refractivity contribution is 0.0880. The van der Waals surface area contributed by atoms with E-state index in [9.17, 15) is 14.2 Å². The second-order valence-electron chi connectivity index (χ2n) is 7.98. The molecular formula is C28H31O5P. The highest BCUT2D eigenvalue weighted by molar-refractivity contribution is 7.53. The maximum Gasteiger partial charge on any atom is 0.331 e. The third kappa shape index (κ3) is 6.83. The molecule has 2 unspecified atom stereocenters. The van der Waals surface area contributed by atoms with Gasteiger partial charge in [0.15, 0.2) is 11.6 Å². The largest absolute Gasteiger partial charge is 0.331 e. The van der Waals surface area contributed by atoms with Crippen LogP contribution in [0.1, 0.15) is 52.5 Å². The van der Waals surface area contributed by atoms with Crippen LogP contribution in [0.2, 0.25) is 0 Å². The van der Waals surface area contributed by atoms with Gasteiger partial charge in [-0.1, -0.05) is 91.0 Å². The second kappa shape index (κ2) is 12.6. The van der Waals surface area contributed by atoms with Gasteiger partial charge in [-0.15, -0.1) is 0 Å². The van der Waals surface area contributed by atoms with Crippen molar-refractivity contribution in [3.63, 3.8) is 0 Å². The van der Waals surface area contributed by atoms with Gasteiger partial charge in [-0.25, -0.2) is 0 Å². The number of benzene rings is 3. The quantitative estimate of drug-likeness (QED) is 0.199. The molecule has 3 rings (SSSR count). The van der Waals surface area contributed by atoms with E-state index in [0.717, 1.165) is 5.56 Å². The highest BCUT2D eigenvalue weighted by Gasteiger charge is 2.39. The first kappa shape index (κ1) is 25.8. The van der Waals surface area contributed by atoms with Crippen molar-refractivity contribution in [2.45, 2.75) is 26.2 Å². The summed E-state index contributed by atoms with van der Waals surface area (Å²) in [7, 11) is -3.57. The molecule has 2 atom stereocenters. The molecular weight excluding hydrogens is 447 g/mol. The van der Waals surface area contributed by atoms with E-state index in [1.165, 1.54) is 0 Å². The van der Waals surface area contributed by atoms with Gasteiger partial charge in [0, 0.05) is 29.4 Å². The van der Waals surface area contributed by atoms with Gasteiger partial charge in [-0.05, 0) is 19.4 Å². The molecule has 5 nitrogen and oxygen atoms in total. The van der Waals surface area contributed by atoms with Crippen molar-refractivity contribution in [2.24, 2.45) is 5.92 Å². The normalized spacial score (nSPS) is 13.2. The molecule has 3 aromatic carbocycles. The smallest absolute Gasteiger partial charge is 0.309 e. The lowest BCUT2D eigenvalue weighted by Crippen LogP contribution is -2.29. The molecule has 0 bridgehead atoms. The lowest BCUT2D eigenvalue weighted by Gasteiger charge is -2.29. The highest BCUT2D eigenvalue weighted by atomic mass is 31.2. The summed E-state index contributed by atoms with van der Waals surface area (Å²) in [5.41, 5.74) is 1.91. The molecule has 0 amide bonds. The van der Waals surface area contributed by atoms with Gasteiger partial charge in [0.2, 0.25) is 0 Å². The van der Waals surface area contributed by atoms with Crippen molar-refractivity contribution in [3.8, 4) is 0 Å². The maximum absolute atomic E-state index is 13.8. The summed E-state index contributed by atoms with van der Waals surface area (Å²) < 4.78 is 24.7. The Morgan fingerprint density at radius 1 is 0.735 bits per heavy atom. The minimum absolute atomic E-state index is 0.0806. The summed E-state index contributed by atoms with van der Waals surface area (Å²) in [4.78, 5) is 27.1. The van der Waals surface area contributed by atoms with Crippen LogP contribution in [0, 0.1) is 5.92 Å². The van der Waals surface area contributed by atoms with Crippen molar-refractivity contribution in [1.82, 2.24) is 0 Å². The topological polar surface area (TPSA) is 69.7 Å². The zero-order chi connectivity index (χ0) is 24.4. The Kier molecular flexibility index (Phi) is 9.52. The lowest BCUT2D eigenvalue weighted by atomic mass is 9.78. The van der Waals surface area contributed by atoms with Gasteiger partial charge in [0.05, 0.1) is 19.4 Å². The zero-order valence-corrected chi connectivity index (χ0v) is 20.5. The predicted octanol–water partition coefficient (Wildman–Crippen LogP) is 6.81. The van der Waals surface area contributed by atoms with Crippen LogP contribution in [0.3, 0.4) is 0 Å². The molecule has 3 aromatic rings. The molecule has 6 heteroatoms. The zero-order valence-electron chi connectivity index (χ0n) is 19.6. The average molecular weight is 479 g/mol. The van der Waals surface area contributed by atoms with Crippen molar-refractivity contribution >= 4 is 19.2 Å². The minimum atomic E-state index is -3.57. The van der Waals surface area contributed by atoms with E-state index in [2.05, 4.69) is 0 Å². The molecule has 0 saturated heterocycles. The Morgan fingerprint density at radius 3 is 1.71 bits per heavy atom. The van der Waals surface area contributed by atoms with Gasteiger partial charge in [-0.3, -0.25) is 14.2 Å². The van der Waals surface area contributed by atoms with Crippen LogP contribution in [0.15, 0.2) is 91.0 Å². The van der Waals surface area contributed by atoms with E-state index in [-0.39, 0.29) is 37.4 Å². The monoisotopic (exact) mass is 478 g/mol. The van der Waals surface area contributed by atoms with E-state index in [4.69, 9.17) is 9.05 Å². The molecule has 0 N–H and O–H groups in total. The first-order chi connectivity index (χ1) is 16.5. The summed E-state index contributed by atoms with van der Waals surface area (Å²) in [6, 6.07) is 27.4. The number of ketones is 2. The number of rotatable bonds is 13. The van der Waals surface area contributed by atoms with E-state index < -0.39 is 19.4 Å². The van der Waals surface area contributed by atoms with Gasteiger partial charge in [0.25, 0.3) is 0 Å². The fraction of sp³-hybridized carbons (Fsp3) is 0.286. The first-order valence-corrected chi connectivity index (χ1v) is 13.3. The highest BCUT2D eigenvalue weighted by Crippen LogP contribution is 2.52. The van der Waals surface area contributed by atoms with Gasteiger partial charge >= 0.3 is 7.60 Å². The third-order valence-electron chi connectivity index (χ3n) is 5.68.